The Balaban J connectivity index is 2.13. The molecule has 0 bridgehead atoms. The fourth-order valence-corrected chi connectivity index (χ4v) is 2.11. The lowest BCUT2D eigenvalue weighted by Crippen LogP contribution is -2.01. The molecule has 0 amide bonds. The molecule has 0 spiro atoms. The second kappa shape index (κ2) is 7.06. The first-order chi connectivity index (χ1) is 10.1. The second-order valence-corrected chi connectivity index (χ2v) is 4.82. The topological polar surface area (TPSA) is 72.6 Å². The molecule has 6 heteroatoms. The zero-order valence-corrected chi connectivity index (χ0v) is 11.9. The van der Waals surface area contributed by atoms with Gasteiger partial charge < -0.3 is 9.84 Å². The van der Waals surface area contributed by atoms with Gasteiger partial charge in [0.15, 0.2) is 0 Å². The Kier molecular flexibility index (Phi) is 5.14. The van der Waals surface area contributed by atoms with Crippen molar-refractivity contribution in [3.05, 3.63) is 68.7 Å². The minimum absolute atomic E-state index is 0.0345. The van der Waals surface area contributed by atoms with E-state index >= 15 is 0 Å². The number of benzene rings is 2. The smallest absolute Gasteiger partial charge is 0.288 e. The summed E-state index contributed by atoms with van der Waals surface area (Å²) in [5, 5.41) is 20.0. The normalized spacial score (nSPS) is 10.4. The highest BCUT2D eigenvalue weighted by Crippen LogP contribution is 2.26. The molecule has 0 heterocycles. The van der Waals surface area contributed by atoms with Gasteiger partial charge in [-0.3, -0.25) is 10.1 Å². The predicted octanol–water partition coefficient (Wildman–Crippen LogP) is 3.36. The number of aliphatic hydroxyl groups is 1. The third kappa shape index (κ3) is 3.93. The van der Waals surface area contributed by atoms with Crippen molar-refractivity contribution in [2.75, 3.05) is 6.61 Å². The highest BCUT2D eigenvalue weighted by molar-refractivity contribution is 6.32. The second-order valence-electron chi connectivity index (χ2n) is 4.41. The Labute approximate surface area is 126 Å². The largest absolute Gasteiger partial charge is 0.489 e. The quantitative estimate of drug-likeness (QED) is 0.656. The SMILES string of the molecule is O=[N+]([O-])c1cc(COc2ccccc2CCO)ccc1Cl. The van der Waals surface area contributed by atoms with Crippen LogP contribution in [-0.2, 0) is 13.0 Å². The molecule has 0 aliphatic rings. The molecule has 1 N–H and O–H groups in total. The molecule has 5 nitrogen and oxygen atoms in total. The van der Waals surface area contributed by atoms with E-state index in [4.69, 9.17) is 21.4 Å². The van der Waals surface area contributed by atoms with Crippen LogP contribution in [0.3, 0.4) is 0 Å². The molecule has 2 aromatic rings. The Morgan fingerprint density at radius 2 is 2.00 bits per heavy atom. The van der Waals surface area contributed by atoms with Crippen LogP contribution in [0.5, 0.6) is 5.75 Å². The van der Waals surface area contributed by atoms with Crippen molar-refractivity contribution in [2.45, 2.75) is 13.0 Å². The Morgan fingerprint density at radius 3 is 2.71 bits per heavy atom. The van der Waals surface area contributed by atoms with Crippen molar-refractivity contribution in [3.63, 3.8) is 0 Å². The molecule has 0 radical (unpaired) electrons. The number of rotatable bonds is 6. The van der Waals surface area contributed by atoms with Gasteiger partial charge in [-0.15, -0.1) is 0 Å². The summed E-state index contributed by atoms with van der Waals surface area (Å²) >= 11 is 5.76. The van der Waals surface area contributed by atoms with Crippen LogP contribution in [0.1, 0.15) is 11.1 Å². The first-order valence-electron chi connectivity index (χ1n) is 6.36. The third-order valence-corrected chi connectivity index (χ3v) is 3.27. The van der Waals surface area contributed by atoms with Crippen LogP contribution in [-0.4, -0.2) is 16.6 Å². The van der Waals surface area contributed by atoms with E-state index in [2.05, 4.69) is 0 Å². The summed E-state index contributed by atoms with van der Waals surface area (Å²) in [6.07, 6.45) is 0.497. The van der Waals surface area contributed by atoms with Crippen LogP contribution in [0, 0.1) is 10.1 Å². The van der Waals surface area contributed by atoms with Gasteiger partial charge in [-0.1, -0.05) is 35.9 Å². The number of nitro groups is 1. The van der Waals surface area contributed by atoms with Crippen LogP contribution in [0.25, 0.3) is 0 Å². The number of nitrogens with zero attached hydrogens (tertiary/aromatic N) is 1. The molecule has 0 fully saturated rings. The van der Waals surface area contributed by atoms with Gasteiger partial charge in [0.25, 0.3) is 5.69 Å². The first kappa shape index (κ1) is 15.3. The van der Waals surface area contributed by atoms with E-state index in [1.807, 2.05) is 18.2 Å². The van der Waals surface area contributed by atoms with E-state index in [9.17, 15) is 10.1 Å². The lowest BCUT2D eigenvalue weighted by Gasteiger charge is -2.11. The summed E-state index contributed by atoms with van der Waals surface area (Å²) in [5.41, 5.74) is 1.41. The molecule has 110 valence electrons. The highest BCUT2D eigenvalue weighted by Gasteiger charge is 2.13. The van der Waals surface area contributed by atoms with Gasteiger partial charge in [0.05, 0.1) is 4.92 Å². The monoisotopic (exact) mass is 307 g/mol. The van der Waals surface area contributed by atoms with Crippen molar-refractivity contribution in [1.29, 1.82) is 0 Å². The van der Waals surface area contributed by atoms with Gasteiger partial charge in [-0.25, -0.2) is 0 Å². The molecule has 0 aliphatic carbocycles. The molecule has 2 aromatic carbocycles. The molecule has 0 atom stereocenters. The number of ether oxygens (including phenoxy) is 1. The van der Waals surface area contributed by atoms with Crippen LogP contribution in [0.4, 0.5) is 5.69 Å². The van der Waals surface area contributed by atoms with Gasteiger partial charge >= 0.3 is 0 Å². The molecule has 0 unspecified atom stereocenters. The summed E-state index contributed by atoms with van der Waals surface area (Å²) in [5.74, 6) is 0.657. The molecule has 0 aromatic heterocycles. The average molecular weight is 308 g/mol. The van der Waals surface area contributed by atoms with E-state index in [-0.39, 0.29) is 23.9 Å². The standard InChI is InChI=1S/C15H14ClNO4/c16-13-6-5-11(9-14(13)17(19)20)10-21-15-4-2-1-3-12(15)7-8-18/h1-6,9,18H,7-8,10H2. The zero-order chi connectivity index (χ0) is 15.2. The van der Waals surface area contributed by atoms with Crippen LogP contribution < -0.4 is 4.74 Å². The predicted molar refractivity (Wildman–Crippen MR) is 79.7 cm³/mol. The van der Waals surface area contributed by atoms with E-state index in [0.717, 1.165) is 5.56 Å². The number of hydrogen-bond acceptors (Lipinski definition) is 4. The van der Waals surface area contributed by atoms with Gasteiger partial charge in [0.1, 0.15) is 17.4 Å². The fraction of sp³-hybridized carbons (Fsp3) is 0.200. The summed E-state index contributed by atoms with van der Waals surface area (Å²) in [6, 6.07) is 11.9. The van der Waals surface area contributed by atoms with Crippen molar-refractivity contribution in [3.8, 4) is 5.75 Å². The first-order valence-corrected chi connectivity index (χ1v) is 6.74. The molecule has 21 heavy (non-hydrogen) atoms. The number of para-hydroxylation sites is 1. The van der Waals surface area contributed by atoms with E-state index < -0.39 is 4.92 Å². The summed E-state index contributed by atoms with van der Waals surface area (Å²) in [4.78, 5) is 10.3. The van der Waals surface area contributed by atoms with Crippen molar-refractivity contribution in [1.82, 2.24) is 0 Å². The number of halogens is 1. The number of hydrogen-bond donors (Lipinski definition) is 1. The lowest BCUT2D eigenvalue weighted by molar-refractivity contribution is -0.384. The Morgan fingerprint density at radius 1 is 1.24 bits per heavy atom. The van der Waals surface area contributed by atoms with Crippen LogP contribution in [0.2, 0.25) is 5.02 Å². The molecule has 0 saturated heterocycles. The molecular weight excluding hydrogens is 294 g/mol. The van der Waals surface area contributed by atoms with E-state index in [1.54, 1.807) is 12.1 Å². The summed E-state index contributed by atoms with van der Waals surface area (Å²) in [6.45, 7) is 0.229. The molecular formula is C15H14ClNO4. The fourth-order valence-electron chi connectivity index (χ4n) is 1.92. The molecule has 0 saturated carbocycles. The van der Waals surface area contributed by atoms with Gasteiger partial charge in [0.2, 0.25) is 0 Å². The Hall–Kier alpha value is -2.11. The number of nitro benzene ring substituents is 1. The number of aliphatic hydroxyl groups excluding tert-OH is 1. The van der Waals surface area contributed by atoms with Crippen LogP contribution in [0.15, 0.2) is 42.5 Å². The maximum atomic E-state index is 10.8. The average Bonchev–Trinajstić information content (AvgIpc) is 2.47. The van der Waals surface area contributed by atoms with E-state index in [0.29, 0.717) is 17.7 Å². The zero-order valence-electron chi connectivity index (χ0n) is 11.2. The maximum Gasteiger partial charge on any atom is 0.288 e. The van der Waals surface area contributed by atoms with Crippen molar-refractivity contribution in [2.24, 2.45) is 0 Å². The van der Waals surface area contributed by atoms with Gasteiger partial charge in [-0.05, 0) is 29.7 Å². The van der Waals surface area contributed by atoms with Gasteiger partial charge in [-0.2, -0.15) is 0 Å². The highest BCUT2D eigenvalue weighted by atomic mass is 35.5. The van der Waals surface area contributed by atoms with Crippen molar-refractivity contribution >= 4 is 17.3 Å². The van der Waals surface area contributed by atoms with Gasteiger partial charge in [0, 0.05) is 12.7 Å². The summed E-state index contributed by atoms with van der Waals surface area (Å²) < 4.78 is 5.67. The molecule has 2 rings (SSSR count). The van der Waals surface area contributed by atoms with Crippen LogP contribution >= 0.6 is 11.6 Å². The third-order valence-electron chi connectivity index (χ3n) is 2.96. The Bertz CT molecular complexity index is 645. The summed E-state index contributed by atoms with van der Waals surface area (Å²) in [7, 11) is 0. The lowest BCUT2D eigenvalue weighted by atomic mass is 10.1. The minimum Gasteiger partial charge on any atom is -0.489 e. The maximum absolute atomic E-state index is 10.8. The van der Waals surface area contributed by atoms with Crippen molar-refractivity contribution < 1.29 is 14.8 Å². The minimum atomic E-state index is -0.522. The molecule has 0 aliphatic heterocycles. The van der Waals surface area contributed by atoms with E-state index in [1.165, 1.54) is 12.1 Å².